The molecule has 3 aromatic rings. The van der Waals surface area contributed by atoms with Crippen LogP contribution < -0.4 is 10.5 Å². The van der Waals surface area contributed by atoms with Crippen molar-refractivity contribution in [3.05, 3.63) is 58.0 Å². The molecule has 6 nitrogen and oxygen atoms in total. The molecule has 1 heterocycles. The zero-order chi connectivity index (χ0) is 20.4. The number of rotatable bonds is 6. The predicted octanol–water partition coefficient (Wildman–Crippen LogP) is 3.74. The van der Waals surface area contributed by atoms with E-state index < -0.39 is 29.1 Å². The Labute approximate surface area is 162 Å². The Bertz CT molecular complexity index is 1060. The van der Waals surface area contributed by atoms with Crippen LogP contribution >= 0.6 is 11.3 Å². The third kappa shape index (κ3) is 3.61. The quantitative estimate of drug-likeness (QED) is 0.607. The first-order valence-corrected chi connectivity index (χ1v) is 8.97. The molecule has 0 fully saturated rings. The number of phenolic OH excluding ortho intramolecular Hbond substituents is 1. The number of aromatic hydroxyl groups is 1. The fourth-order valence-electron chi connectivity index (χ4n) is 2.72. The second-order valence-corrected chi connectivity index (χ2v) is 6.75. The monoisotopic (exact) mass is 407 g/mol. The Morgan fingerprint density at radius 2 is 1.89 bits per heavy atom. The molecule has 3 rings (SSSR count). The van der Waals surface area contributed by atoms with Gasteiger partial charge in [0.15, 0.2) is 0 Å². The minimum absolute atomic E-state index is 0.0654. The SMILES string of the molecule is CCOC(=O)c1sc2cccc(O)c2c1COc1cc(F)c(C(N)=O)c(F)c1. The molecule has 1 aromatic heterocycles. The summed E-state index contributed by atoms with van der Waals surface area (Å²) in [6, 6.07) is 6.44. The van der Waals surface area contributed by atoms with Gasteiger partial charge in [0.2, 0.25) is 0 Å². The predicted molar refractivity (Wildman–Crippen MR) is 98.7 cm³/mol. The van der Waals surface area contributed by atoms with Gasteiger partial charge in [0, 0.05) is 27.8 Å². The number of fused-ring (bicyclic) bond motifs is 1. The van der Waals surface area contributed by atoms with Crippen LogP contribution in [0.3, 0.4) is 0 Å². The van der Waals surface area contributed by atoms with Crippen molar-refractivity contribution in [1.82, 2.24) is 0 Å². The van der Waals surface area contributed by atoms with Crippen molar-refractivity contribution in [2.45, 2.75) is 13.5 Å². The van der Waals surface area contributed by atoms with Crippen molar-refractivity contribution in [1.29, 1.82) is 0 Å². The highest BCUT2D eigenvalue weighted by Gasteiger charge is 2.23. The highest BCUT2D eigenvalue weighted by atomic mass is 32.1. The smallest absolute Gasteiger partial charge is 0.348 e. The minimum atomic E-state index is -1.24. The molecule has 0 radical (unpaired) electrons. The number of amides is 1. The van der Waals surface area contributed by atoms with Gasteiger partial charge < -0.3 is 20.3 Å². The van der Waals surface area contributed by atoms with Gasteiger partial charge in [-0.05, 0) is 19.1 Å². The number of phenols is 1. The lowest BCUT2D eigenvalue weighted by atomic mass is 10.1. The van der Waals surface area contributed by atoms with E-state index in [9.17, 15) is 23.5 Å². The fraction of sp³-hybridized carbons (Fsp3) is 0.158. The van der Waals surface area contributed by atoms with Crippen LogP contribution in [0, 0.1) is 11.6 Å². The lowest BCUT2D eigenvalue weighted by Crippen LogP contribution is -2.15. The van der Waals surface area contributed by atoms with Crippen LogP contribution in [0.4, 0.5) is 8.78 Å². The maximum atomic E-state index is 13.9. The first-order valence-electron chi connectivity index (χ1n) is 8.15. The van der Waals surface area contributed by atoms with Gasteiger partial charge in [-0.15, -0.1) is 11.3 Å². The summed E-state index contributed by atoms with van der Waals surface area (Å²) in [7, 11) is 0. The number of hydrogen-bond donors (Lipinski definition) is 2. The second kappa shape index (κ2) is 7.81. The van der Waals surface area contributed by atoms with Gasteiger partial charge in [0.25, 0.3) is 5.91 Å². The van der Waals surface area contributed by atoms with Crippen LogP contribution in [-0.4, -0.2) is 23.6 Å². The number of primary amides is 1. The average Bonchev–Trinajstić information content (AvgIpc) is 2.99. The molecule has 0 bridgehead atoms. The van der Waals surface area contributed by atoms with Gasteiger partial charge in [-0.2, -0.15) is 0 Å². The summed E-state index contributed by atoms with van der Waals surface area (Å²) in [6.45, 7) is 1.55. The van der Waals surface area contributed by atoms with Crippen molar-refractivity contribution in [2.75, 3.05) is 6.61 Å². The summed E-state index contributed by atoms with van der Waals surface area (Å²) >= 11 is 1.11. The van der Waals surface area contributed by atoms with E-state index in [1.807, 2.05) is 0 Å². The van der Waals surface area contributed by atoms with Gasteiger partial charge in [0.05, 0.1) is 6.61 Å². The summed E-state index contributed by atoms with van der Waals surface area (Å²) < 4.78 is 38.9. The van der Waals surface area contributed by atoms with E-state index in [2.05, 4.69) is 0 Å². The van der Waals surface area contributed by atoms with Crippen molar-refractivity contribution < 1.29 is 33.0 Å². The number of thiophene rings is 1. The fourth-order valence-corrected chi connectivity index (χ4v) is 3.84. The summed E-state index contributed by atoms with van der Waals surface area (Å²) in [5.74, 6) is -4.42. The van der Waals surface area contributed by atoms with E-state index in [0.29, 0.717) is 15.6 Å². The Balaban J connectivity index is 1.99. The molecule has 3 N–H and O–H groups in total. The lowest BCUT2D eigenvalue weighted by molar-refractivity contribution is 0.0529. The average molecular weight is 407 g/mol. The molecule has 0 saturated carbocycles. The molecule has 146 valence electrons. The molecule has 28 heavy (non-hydrogen) atoms. The van der Waals surface area contributed by atoms with Gasteiger partial charge in [-0.1, -0.05) is 6.07 Å². The molecular formula is C19H15F2NO5S. The number of halogens is 2. The Morgan fingerprint density at radius 3 is 2.50 bits per heavy atom. The van der Waals surface area contributed by atoms with Crippen LogP contribution in [0.2, 0.25) is 0 Å². The number of ether oxygens (including phenoxy) is 2. The van der Waals surface area contributed by atoms with E-state index in [0.717, 1.165) is 23.5 Å². The number of benzene rings is 2. The first-order chi connectivity index (χ1) is 13.3. The largest absolute Gasteiger partial charge is 0.507 e. The molecule has 0 aliphatic rings. The lowest BCUT2D eigenvalue weighted by Gasteiger charge is -2.10. The van der Waals surface area contributed by atoms with Crippen molar-refractivity contribution >= 4 is 33.3 Å². The summed E-state index contributed by atoms with van der Waals surface area (Å²) in [5.41, 5.74) is 4.41. The minimum Gasteiger partial charge on any atom is -0.507 e. The van der Waals surface area contributed by atoms with Crippen LogP contribution in [-0.2, 0) is 11.3 Å². The van der Waals surface area contributed by atoms with Gasteiger partial charge in [-0.25, -0.2) is 13.6 Å². The third-order valence-electron chi connectivity index (χ3n) is 3.90. The molecule has 9 heteroatoms. The summed E-state index contributed by atoms with van der Waals surface area (Å²) in [5, 5.41) is 10.6. The Morgan fingerprint density at radius 1 is 1.21 bits per heavy atom. The van der Waals surface area contributed by atoms with Gasteiger partial charge in [-0.3, -0.25) is 4.79 Å². The Kier molecular flexibility index (Phi) is 5.46. The number of carbonyl (C=O) groups is 2. The second-order valence-electron chi connectivity index (χ2n) is 5.70. The van der Waals surface area contributed by atoms with Gasteiger partial charge in [0.1, 0.15) is 40.2 Å². The highest BCUT2D eigenvalue weighted by Crippen LogP contribution is 2.38. The van der Waals surface area contributed by atoms with E-state index in [-0.39, 0.29) is 29.6 Å². The van der Waals surface area contributed by atoms with Crippen LogP contribution in [0.1, 0.15) is 32.5 Å². The third-order valence-corrected chi connectivity index (χ3v) is 5.08. The molecule has 0 saturated heterocycles. The summed E-state index contributed by atoms with van der Waals surface area (Å²) in [4.78, 5) is 23.6. The van der Waals surface area contributed by atoms with Gasteiger partial charge >= 0.3 is 5.97 Å². The molecular weight excluding hydrogens is 392 g/mol. The number of esters is 1. The Hall–Kier alpha value is -3.20. The molecule has 0 aliphatic heterocycles. The van der Waals surface area contributed by atoms with E-state index in [1.54, 1.807) is 19.1 Å². The van der Waals surface area contributed by atoms with Crippen molar-refractivity contribution in [3.63, 3.8) is 0 Å². The maximum Gasteiger partial charge on any atom is 0.348 e. The summed E-state index contributed by atoms with van der Waals surface area (Å²) in [6.07, 6.45) is 0. The molecule has 0 atom stereocenters. The molecule has 1 amide bonds. The topological polar surface area (TPSA) is 98.8 Å². The van der Waals surface area contributed by atoms with Crippen LogP contribution in [0.15, 0.2) is 30.3 Å². The molecule has 0 spiro atoms. The normalized spacial score (nSPS) is 10.8. The number of carbonyl (C=O) groups excluding carboxylic acids is 2. The molecule has 0 unspecified atom stereocenters. The first kappa shape index (κ1) is 19.6. The van der Waals surface area contributed by atoms with Crippen molar-refractivity contribution in [2.24, 2.45) is 5.73 Å². The number of nitrogens with two attached hydrogens (primary N) is 1. The standard InChI is InChI=1S/C19H15F2NO5S/c1-2-26-19(25)17-10(15-13(23)4-3-5-14(15)28-17)8-27-9-6-11(20)16(18(22)24)12(21)7-9/h3-7,23H,2,8H2,1H3,(H2,22,24). The molecule has 2 aromatic carbocycles. The zero-order valence-electron chi connectivity index (χ0n) is 14.6. The van der Waals surface area contributed by atoms with Crippen LogP contribution in [0.5, 0.6) is 11.5 Å². The van der Waals surface area contributed by atoms with Crippen LogP contribution in [0.25, 0.3) is 10.1 Å². The maximum absolute atomic E-state index is 13.9. The zero-order valence-corrected chi connectivity index (χ0v) is 15.4. The van der Waals surface area contributed by atoms with E-state index in [4.69, 9.17) is 15.2 Å². The van der Waals surface area contributed by atoms with Crippen molar-refractivity contribution in [3.8, 4) is 11.5 Å². The molecule has 0 aliphatic carbocycles. The van der Waals surface area contributed by atoms with E-state index in [1.165, 1.54) is 6.07 Å². The number of hydrogen-bond acceptors (Lipinski definition) is 6. The highest BCUT2D eigenvalue weighted by molar-refractivity contribution is 7.21. The van der Waals surface area contributed by atoms with E-state index >= 15 is 0 Å².